The van der Waals surface area contributed by atoms with Crippen LogP contribution in [0.5, 0.6) is 0 Å². The summed E-state index contributed by atoms with van der Waals surface area (Å²) >= 11 is 0. The van der Waals surface area contributed by atoms with E-state index in [9.17, 15) is 19.1 Å². The second-order valence-electron chi connectivity index (χ2n) is 7.19. The molecule has 0 radical (unpaired) electrons. The van der Waals surface area contributed by atoms with Gasteiger partial charge in [-0.1, -0.05) is 60.7 Å². The van der Waals surface area contributed by atoms with Gasteiger partial charge in [0.15, 0.2) is 0 Å². The number of nitrogens with one attached hydrogen (secondary N) is 1. The van der Waals surface area contributed by atoms with Gasteiger partial charge in [-0.25, -0.2) is 14.0 Å². The van der Waals surface area contributed by atoms with Crippen LogP contribution < -0.4 is 5.32 Å². The summed E-state index contributed by atoms with van der Waals surface area (Å²) < 4.78 is 18.8. The number of hydrogen-bond donors (Lipinski definition) is 2. The Morgan fingerprint density at radius 3 is 2.20 bits per heavy atom. The van der Waals surface area contributed by atoms with Crippen molar-refractivity contribution in [1.82, 2.24) is 5.32 Å². The minimum atomic E-state index is -1.22. The van der Waals surface area contributed by atoms with Crippen LogP contribution in [0.3, 0.4) is 0 Å². The number of amides is 1. The molecule has 152 valence electrons. The summed E-state index contributed by atoms with van der Waals surface area (Å²) in [6.45, 7) is 0.0894. The lowest BCUT2D eigenvalue weighted by molar-refractivity contribution is -0.139. The molecule has 0 aliphatic heterocycles. The standard InChI is InChI=1S/C24H20FNO4/c25-16-7-5-6-15(12-16)13-22(23(27)28)26-24(29)30-14-21-19-10-3-1-8-17(19)18-9-2-4-11-20(18)21/h1-12,21-22H,13-14H2,(H,26,29)(H,27,28). The van der Waals surface area contributed by atoms with Crippen molar-refractivity contribution in [1.29, 1.82) is 0 Å². The van der Waals surface area contributed by atoms with Gasteiger partial charge in [-0.05, 0) is 39.9 Å². The van der Waals surface area contributed by atoms with Crippen molar-refractivity contribution in [3.63, 3.8) is 0 Å². The van der Waals surface area contributed by atoms with E-state index in [0.717, 1.165) is 22.3 Å². The van der Waals surface area contributed by atoms with Crippen molar-refractivity contribution in [2.75, 3.05) is 6.61 Å². The van der Waals surface area contributed by atoms with E-state index in [2.05, 4.69) is 5.32 Å². The number of carbonyl (C=O) groups excluding carboxylic acids is 1. The number of carboxylic acids is 1. The summed E-state index contributed by atoms with van der Waals surface area (Å²) in [5.74, 6) is -1.79. The lowest BCUT2D eigenvalue weighted by atomic mass is 9.98. The molecule has 6 heteroatoms. The third kappa shape index (κ3) is 4.03. The highest BCUT2D eigenvalue weighted by atomic mass is 19.1. The summed E-state index contributed by atoms with van der Waals surface area (Å²) in [5.41, 5.74) is 4.83. The lowest BCUT2D eigenvalue weighted by Gasteiger charge is -2.17. The second kappa shape index (κ2) is 8.37. The number of hydrogen-bond acceptors (Lipinski definition) is 3. The molecule has 3 aromatic rings. The minimum Gasteiger partial charge on any atom is -0.480 e. The van der Waals surface area contributed by atoms with E-state index in [1.54, 1.807) is 6.07 Å². The van der Waals surface area contributed by atoms with E-state index in [4.69, 9.17) is 4.74 Å². The molecule has 0 saturated carbocycles. The Kier molecular flexibility index (Phi) is 5.48. The highest BCUT2D eigenvalue weighted by molar-refractivity contribution is 5.81. The Morgan fingerprint density at radius 2 is 1.60 bits per heavy atom. The summed E-state index contributed by atoms with van der Waals surface area (Å²) in [4.78, 5) is 23.9. The molecule has 2 N–H and O–H groups in total. The molecule has 0 spiro atoms. The fraction of sp³-hybridized carbons (Fsp3) is 0.167. The van der Waals surface area contributed by atoms with Crippen molar-refractivity contribution in [2.24, 2.45) is 0 Å². The molecule has 5 nitrogen and oxygen atoms in total. The molecule has 1 unspecified atom stereocenters. The van der Waals surface area contributed by atoms with Crippen LogP contribution in [0, 0.1) is 5.82 Å². The highest BCUT2D eigenvalue weighted by Gasteiger charge is 2.29. The van der Waals surface area contributed by atoms with Crippen LogP contribution in [0.2, 0.25) is 0 Å². The average Bonchev–Trinajstić information content (AvgIpc) is 3.06. The van der Waals surface area contributed by atoms with Crippen LogP contribution in [0.4, 0.5) is 9.18 Å². The molecule has 0 fully saturated rings. The van der Waals surface area contributed by atoms with Gasteiger partial charge in [-0.2, -0.15) is 0 Å². The number of alkyl carbamates (subject to hydrolysis) is 1. The van der Waals surface area contributed by atoms with Gasteiger partial charge >= 0.3 is 12.1 Å². The number of rotatable bonds is 6. The van der Waals surface area contributed by atoms with Gasteiger partial charge in [0.1, 0.15) is 18.5 Å². The smallest absolute Gasteiger partial charge is 0.407 e. The van der Waals surface area contributed by atoms with Crippen LogP contribution >= 0.6 is 0 Å². The van der Waals surface area contributed by atoms with E-state index < -0.39 is 23.9 Å². The average molecular weight is 405 g/mol. The minimum absolute atomic E-state index is 0.0444. The second-order valence-corrected chi connectivity index (χ2v) is 7.19. The van der Waals surface area contributed by atoms with Crippen LogP contribution in [-0.4, -0.2) is 29.8 Å². The van der Waals surface area contributed by atoms with Gasteiger partial charge in [-0.3, -0.25) is 0 Å². The maximum absolute atomic E-state index is 13.4. The van der Waals surface area contributed by atoms with Crippen LogP contribution in [0.1, 0.15) is 22.6 Å². The molecule has 0 bridgehead atoms. The molecule has 0 heterocycles. The summed E-state index contributed by atoms with van der Waals surface area (Å²) in [7, 11) is 0. The van der Waals surface area contributed by atoms with Crippen LogP contribution in [0.15, 0.2) is 72.8 Å². The van der Waals surface area contributed by atoms with E-state index in [1.807, 2.05) is 48.5 Å². The first-order valence-electron chi connectivity index (χ1n) is 9.61. The van der Waals surface area contributed by atoms with Gasteiger partial charge in [-0.15, -0.1) is 0 Å². The van der Waals surface area contributed by atoms with E-state index in [1.165, 1.54) is 18.2 Å². The van der Waals surface area contributed by atoms with Crippen molar-refractivity contribution < 1.29 is 23.8 Å². The van der Waals surface area contributed by atoms with Gasteiger partial charge in [0.05, 0.1) is 0 Å². The molecule has 1 aliphatic carbocycles. The van der Waals surface area contributed by atoms with Gasteiger partial charge in [0.25, 0.3) is 0 Å². The molecule has 4 rings (SSSR count). The Balaban J connectivity index is 1.43. The number of carbonyl (C=O) groups is 2. The molecular weight excluding hydrogens is 385 g/mol. The zero-order valence-corrected chi connectivity index (χ0v) is 16.0. The van der Waals surface area contributed by atoms with E-state index in [-0.39, 0.29) is 18.9 Å². The molecule has 1 aliphatic rings. The Hall–Kier alpha value is -3.67. The Bertz CT molecular complexity index is 1050. The van der Waals surface area contributed by atoms with Gasteiger partial charge in [0, 0.05) is 12.3 Å². The summed E-state index contributed by atoms with van der Waals surface area (Å²) in [6.07, 6.45) is -0.863. The van der Waals surface area contributed by atoms with Crippen molar-refractivity contribution in [2.45, 2.75) is 18.4 Å². The zero-order valence-electron chi connectivity index (χ0n) is 16.0. The van der Waals surface area contributed by atoms with Crippen LogP contribution in [-0.2, 0) is 16.0 Å². The SMILES string of the molecule is O=C(NC(Cc1cccc(F)c1)C(=O)O)OCC1c2ccccc2-c2ccccc21. The topological polar surface area (TPSA) is 75.6 Å². The number of aliphatic carboxylic acids is 1. The summed E-state index contributed by atoms with van der Waals surface area (Å²) in [5, 5.41) is 11.8. The van der Waals surface area contributed by atoms with Crippen molar-refractivity contribution >= 4 is 12.1 Å². The largest absolute Gasteiger partial charge is 0.480 e. The maximum Gasteiger partial charge on any atom is 0.407 e. The quantitative estimate of drug-likeness (QED) is 0.639. The number of halogens is 1. The number of carboxylic acid groups (broad SMARTS) is 1. The number of ether oxygens (including phenoxy) is 1. The third-order valence-electron chi connectivity index (χ3n) is 5.26. The van der Waals surface area contributed by atoms with Gasteiger partial charge in [0.2, 0.25) is 0 Å². The Morgan fingerprint density at radius 1 is 0.967 bits per heavy atom. The molecular formula is C24H20FNO4. The van der Waals surface area contributed by atoms with Crippen LogP contribution in [0.25, 0.3) is 11.1 Å². The molecule has 0 saturated heterocycles. The fourth-order valence-electron chi connectivity index (χ4n) is 3.88. The molecule has 3 aromatic carbocycles. The third-order valence-corrected chi connectivity index (χ3v) is 5.26. The van der Waals surface area contributed by atoms with Crippen molar-refractivity contribution in [3.8, 4) is 11.1 Å². The predicted octanol–water partition coefficient (Wildman–Crippen LogP) is 4.36. The zero-order chi connectivity index (χ0) is 21.1. The monoisotopic (exact) mass is 405 g/mol. The molecule has 1 atom stereocenters. The molecule has 1 amide bonds. The lowest BCUT2D eigenvalue weighted by Crippen LogP contribution is -2.42. The number of fused-ring (bicyclic) bond motifs is 3. The fourth-order valence-corrected chi connectivity index (χ4v) is 3.88. The number of benzene rings is 3. The van der Waals surface area contributed by atoms with E-state index >= 15 is 0 Å². The van der Waals surface area contributed by atoms with E-state index in [0.29, 0.717) is 5.56 Å². The Labute approximate surface area is 173 Å². The first-order chi connectivity index (χ1) is 14.5. The first kappa shape index (κ1) is 19.6. The normalized spacial score (nSPS) is 13.2. The van der Waals surface area contributed by atoms with Crippen molar-refractivity contribution in [3.05, 3.63) is 95.3 Å². The molecule has 30 heavy (non-hydrogen) atoms. The maximum atomic E-state index is 13.4. The summed E-state index contributed by atoms with van der Waals surface area (Å²) in [6, 6.07) is 20.3. The first-order valence-corrected chi connectivity index (χ1v) is 9.61. The highest BCUT2D eigenvalue weighted by Crippen LogP contribution is 2.44. The predicted molar refractivity (Wildman–Crippen MR) is 110 cm³/mol. The van der Waals surface area contributed by atoms with Gasteiger partial charge < -0.3 is 15.2 Å². The molecule has 0 aromatic heterocycles.